The Kier molecular flexibility index (Phi) is 9.14. The molecule has 7 nitrogen and oxygen atoms in total. The van der Waals surface area contributed by atoms with Gasteiger partial charge in [-0.3, -0.25) is 14.5 Å². The van der Waals surface area contributed by atoms with Crippen molar-refractivity contribution in [2.75, 3.05) is 40.4 Å². The first-order valence-corrected chi connectivity index (χ1v) is 10.9. The Morgan fingerprint density at radius 1 is 1.00 bits per heavy atom. The third-order valence-corrected chi connectivity index (χ3v) is 6.46. The molecule has 0 bridgehead atoms. The Bertz CT molecular complexity index is 595. The van der Waals surface area contributed by atoms with Crippen molar-refractivity contribution in [2.24, 2.45) is 11.8 Å². The standard InChI is InChI=1S/C21H36F3N3O4/c1-20(2,21(22,23)24)26-18(28)13-27-7-5-14(6-8-27)12-25-19(29)15-9-16(30-3)11-17(10-15)31-4/h14-17H,5-13H2,1-4H3,(H,25,29)(H,26,28)/t15?,16-,17+. The number of nitrogens with one attached hydrogen (secondary N) is 2. The van der Waals surface area contributed by atoms with Crippen LogP contribution in [0.2, 0.25) is 0 Å². The van der Waals surface area contributed by atoms with E-state index in [0.29, 0.717) is 32.5 Å². The zero-order valence-corrected chi connectivity index (χ0v) is 18.9. The summed E-state index contributed by atoms with van der Waals surface area (Å²) < 4.78 is 49.6. The second-order valence-corrected chi connectivity index (χ2v) is 9.26. The smallest absolute Gasteiger partial charge is 0.381 e. The molecular formula is C21H36F3N3O4. The Morgan fingerprint density at radius 3 is 2.03 bits per heavy atom. The van der Waals surface area contributed by atoms with E-state index in [1.54, 1.807) is 14.2 Å². The minimum Gasteiger partial charge on any atom is -0.381 e. The van der Waals surface area contributed by atoms with Crippen LogP contribution in [0.3, 0.4) is 0 Å². The van der Waals surface area contributed by atoms with Crippen molar-refractivity contribution in [3.05, 3.63) is 0 Å². The summed E-state index contributed by atoms with van der Waals surface area (Å²) in [5.74, 6) is -0.467. The lowest BCUT2D eigenvalue weighted by Gasteiger charge is -2.35. The van der Waals surface area contributed by atoms with Crippen molar-refractivity contribution >= 4 is 11.8 Å². The summed E-state index contributed by atoms with van der Waals surface area (Å²) in [7, 11) is 3.30. The predicted octanol–water partition coefficient (Wildman–Crippen LogP) is 2.10. The van der Waals surface area contributed by atoms with Gasteiger partial charge in [0, 0.05) is 26.7 Å². The summed E-state index contributed by atoms with van der Waals surface area (Å²) in [6, 6.07) is 0. The van der Waals surface area contributed by atoms with Gasteiger partial charge in [0.05, 0.1) is 18.8 Å². The molecule has 180 valence electrons. The van der Waals surface area contributed by atoms with Gasteiger partial charge < -0.3 is 20.1 Å². The maximum atomic E-state index is 12.9. The molecule has 1 saturated heterocycles. The fraction of sp³-hybridized carbons (Fsp3) is 0.905. The summed E-state index contributed by atoms with van der Waals surface area (Å²) in [4.78, 5) is 26.5. The number of piperidine rings is 1. The van der Waals surface area contributed by atoms with E-state index in [1.165, 1.54) is 0 Å². The number of alkyl halides is 3. The summed E-state index contributed by atoms with van der Waals surface area (Å²) >= 11 is 0. The zero-order chi connectivity index (χ0) is 23.2. The molecule has 3 atom stereocenters. The lowest BCUT2D eigenvalue weighted by Crippen LogP contribution is -2.56. The molecule has 2 fully saturated rings. The molecule has 2 rings (SSSR count). The Morgan fingerprint density at radius 2 is 1.55 bits per heavy atom. The number of hydrogen-bond donors (Lipinski definition) is 2. The Balaban J connectivity index is 1.71. The highest BCUT2D eigenvalue weighted by Gasteiger charge is 2.48. The first-order chi connectivity index (χ1) is 14.4. The van der Waals surface area contributed by atoms with Crippen LogP contribution in [0.4, 0.5) is 13.2 Å². The third-order valence-electron chi connectivity index (χ3n) is 6.46. The van der Waals surface area contributed by atoms with Crippen LogP contribution in [0.25, 0.3) is 0 Å². The van der Waals surface area contributed by atoms with Crippen LogP contribution >= 0.6 is 0 Å². The van der Waals surface area contributed by atoms with E-state index < -0.39 is 17.6 Å². The number of carbonyl (C=O) groups excluding carboxylic acids is 2. The maximum Gasteiger partial charge on any atom is 0.410 e. The highest BCUT2D eigenvalue weighted by Crippen LogP contribution is 2.30. The average molecular weight is 452 g/mol. The number of nitrogens with zero attached hydrogens (tertiary/aromatic N) is 1. The van der Waals surface area contributed by atoms with Gasteiger partial charge in [0.1, 0.15) is 5.54 Å². The number of likely N-dealkylation sites (tertiary alicyclic amines) is 1. The van der Waals surface area contributed by atoms with Crippen LogP contribution in [-0.2, 0) is 19.1 Å². The minimum atomic E-state index is -4.50. The van der Waals surface area contributed by atoms with Crippen molar-refractivity contribution < 1.29 is 32.2 Å². The van der Waals surface area contributed by atoms with Crippen LogP contribution < -0.4 is 10.6 Å². The molecule has 1 aliphatic heterocycles. The van der Waals surface area contributed by atoms with Gasteiger partial charge >= 0.3 is 6.18 Å². The van der Waals surface area contributed by atoms with Crippen LogP contribution in [0.15, 0.2) is 0 Å². The second kappa shape index (κ2) is 11.0. The Hall–Kier alpha value is -1.39. The van der Waals surface area contributed by atoms with Gasteiger partial charge in [0.25, 0.3) is 0 Å². The topological polar surface area (TPSA) is 79.9 Å². The van der Waals surface area contributed by atoms with Gasteiger partial charge in [0.15, 0.2) is 0 Å². The quantitative estimate of drug-likeness (QED) is 0.591. The average Bonchev–Trinajstić information content (AvgIpc) is 2.71. The van der Waals surface area contributed by atoms with Crippen molar-refractivity contribution in [3.8, 4) is 0 Å². The summed E-state index contributed by atoms with van der Waals surface area (Å²) in [5, 5.41) is 5.11. The molecule has 0 spiro atoms. The maximum absolute atomic E-state index is 12.9. The summed E-state index contributed by atoms with van der Waals surface area (Å²) in [6.07, 6.45) is -0.738. The van der Waals surface area contributed by atoms with E-state index in [9.17, 15) is 22.8 Å². The van der Waals surface area contributed by atoms with Crippen LogP contribution in [0.1, 0.15) is 46.0 Å². The van der Waals surface area contributed by atoms with Crippen molar-refractivity contribution in [1.82, 2.24) is 15.5 Å². The molecule has 2 N–H and O–H groups in total. The van der Waals surface area contributed by atoms with Crippen LogP contribution in [-0.4, -0.2) is 81.0 Å². The SMILES string of the molecule is CO[C@@H]1CC(C(=O)NCC2CCN(CC(=O)NC(C)(C)C(F)(F)F)CC2)C[C@H](OC)C1. The van der Waals surface area contributed by atoms with Gasteiger partial charge in [-0.1, -0.05) is 0 Å². The molecular weight excluding hydrogens is 415 g/mol. The zero-order valence-electron chi connectivity index (χ0n) is 18.9. The first kappa shape index (κ1) is 25.9. The van der Waals surface area contributed by atoms with E-state index >= 15 is 0 Å². The third kappa shape index (κ3) is 7.61. The number of rotatable bonds is 8. The molecule has 0 radical (unpaired) electrons. The lowest BCUT2D eigenvalue weighted by molar-refractivity contribution is -0.188. The van der Waals surface area contributed by atoms with Gasteiger partial charge in [-0.2, -0.15) is 13.2 Å². The van der Waals surface area contributed by atoms with Crippen molar-refractivity contribution in [2.45, 2.75) is 69.9 Å². The number of ether oxygens (including phenoxy) is 2. The largest absolute Gasteiger partial charge is 0.410 e. The highest BCUT2D eigenvalue weighted by atomic mass is 19.4. The molecule has 1 aliphatic carbocycles. The number of carbonyl (C=O) groups is 2. The molecule has 2 amide bonds. The molecule has 0 aromatic rings. The van der Waals surface area contributed by atoms with E-state index in [0.717, 1.165) is 33.1 Å². The molecule has 1 saturated carbocycles. The molecule has 2 aliphatic rings. The minimum absolute atomic E-state index is 0.0139. The van der Waals surface area contributed by atoms with Crippen molar-refractivity contribution in [3.63, 3.8) is 0 Å². The fourth-order valence-electron chi connectivity index (χ4n) is 4.22. The fourth-order valence-corrected chi connectivity index (χ4v) is 4.22. The number of halogens is 3. The van der Waals surface area contributed by atoms with E-state index in [4.69, 9.17) is 9.47 Å². The lowest BCUT2D eigenvalue weighted by atomic mass is 9.84. The van der Waals surface area contributed by atoms with Crippen LogP contribution in [0.5, 0.6) is 0 Å². The van der Waals surface area contributed by atoms with E-state index in [1.807, 2.05) is 4.90 Å². The molecule has 0 aromatic heterocycles. The number of methoxy groups -OCH3 is 2. The van der Waals surface area contributed by atoms with E-state index in [-0.39, 0.29) is 36.5 Å². The van der Waals surface area contributed by atoms with Crippen LogP contribution in [0, 0.1) is 11.8 Å². The number of amides is 2. The normalized spacial score (nSPS) is 26.5. The van der Waals surface area contributed by atoms with Gasteiger partial charge in [-0.25, -0.2) is 0 Å². The Labute approximate surface area is 182 Å². The van der Waals surface area contributed by atoms with Gasteiger partial charge in [-0.15, -0.1) is 0 Å². The molecule has 31 heavy (non-hydrogen) atoms. The van der Waals surface area contributed by atoms with Gasteiger partial charge in [0.2, 0.25) is 11.8 Å². The van der Waals surface area contributed by atoms with E-state index in [2.05, 4.69) is 10.6 Å². The second-order valence-electron chi connectivity index (χ2n) is 9.26. The highest BCUT2D eigenvalue weighted by molar-refractivity contribution is 5.79. The molecule has 0 aromatic carbocycles. The summed E-state index contributed by atoms with van der Waals surface area (Å²) in [5.41, 5.74) is -2.25. The molecule has 1 unspecified atom stereocenters. The number of hydrogen-bond acceptors (Lipinski definition) is 5. The predicted molar refractivity (Wildman–Crippen MR) is 109 cm³/mol. The molecule has 1 heterocycles. The van der Waals surface area contributed by atoms with Crippen molar-refractivity contribution in [1.29, 1.82) is 0 Å². The first-order valence-electron chi connectivity index (χ1n) is 10.9. The molecule has 10 heteroatoms. The van der Waals surface area contributed by atoms with Gasteiger partial charge in [-0.05, 0) is 65.0 Å². The summed E-state index contributed by atoms with van der Waals surface area (Å²) in [6.45, 7) is 3.64. The monoisotopic (exact) mass is 451 g/mol.